The minimum atomic E-state index is 0.480. The number of nitrogens with two attached hydrogens (primary N) is 2. The van der Waals surface area contributed by atoms with Crippen molar-refractivity contribution in [2.24, 2.45) is 23.3 Å². The van der Waals surface area contributed by atoms with Crippen LogP contribution in [-0.4, -0.2) is 59.6 Å². The molecule has 0 spiro atoms. The molecule has 2 aliphatic heterocycles. The molecule has 39 heavy (non-hydrogen) atoms. The largest absolute Gasteiger partial charge is 0.330 e. The van der Waals surface area contributed by atoms with Gasteiger partial charge < -0.3 is 11.5 Å². The number of hydrogen-bond donors (Lipinski definition) is 2. The molecule has 0 aromatic heterocycles. The van der Waals surface area contributed by atoms with Gasteiger partial charge >= 0.3 is 0 Å². The molecule has 0 aliphatic carbocycles. The lowest BCUT2D eigenvalue weighted by molar-refractivity contribution is 0.171. The van der Waals surface area contributed by atoms with Crippen molar-refractivity contribution >= 4 is 24.1 Å². The molecule has 2 saturated heterocycles. The SMILES string of the molecule is NCCC(CC1CCN(Cc2ccccc2)CC1)SOSC(CCN)CC1CCN(Cc2ccccc2)CC1. The molecule has 2 aromatic carbocycles. The van der Waals surface area contributed by atoms with E-state index in [1.807, 2.05) is 0 Å². The van der Waals surface area contributed by atoms with Crippen LogP contribution in [0.15, 0.2) is 60.7 Å². The summed E-state index contributed by atoms with van der Waals surface area (Å²) in [6.45, 7) is 8.37. The zero-order valence-electron chi connectivity index (χ0n) is 23.7. The maximum Gasteiger partial charge on any atom is 0.0338 e. The van der Waals surface area contributed by atoms with Gasteiger partial charge in [-0.1, -0.05) is 60.7 Å². The molecule has 2 unspecified atom stereocenters. The number of rotatable bonds is 16. The third-order valence-corrected chi connectivity index (χ3v) is 10.5. The predicted octanol–water partition coefficient (Wildman–Crippen LogP) is 6.34. The molecular weight excluding hydrogens is 521 g/mol. The Morgan fingerprint density at radius 2 is 1.03 bits per heavy atom. The number of piperidine rings is 2. The van der Waals surface area contributed by atoms with Crippen LogP contribution in [0.3, 0.4) is 0 Å². The quantitative estimate of drug-likeness (QED) is 0.228. The molecule has 4 N–H and O–H groups in total. The summed E-state index contributed by atoms with van der Waals surface area (Å²) in [5.74, 6) is 1.55. The monoisotopic (exact) mass is 570 g/mol. The van der Waals surface area contributed by atoms with E-state index in [1.165, 1.54) is 75.8 Å². The van der Waals surface area contributed by atoms with Gasteiger partial charge in [0.2, 0.25) is 0 Å². The van der Waals surface area contributed by atoms with Crippen molar-refractivity contribution in [3.05, 3.63) is 71.8 Å². The summed E-state index contributed by atoms with van der Waals surface area (Å²) in [7, 11) is 0. The highest BCUT2D eigenvalue weighted by molar-refractivity contribution is 8.08. The molecule has 0 saturated carbocycles. The van der Waals surface area contributed by atoms with Gasteiger partial charge in [-0.2, -0.15) is 0 Å². The Morgan fingerprint density at radius 1 is 0.641 bits per heavy atom. The third-order valence-electron chi connectivity index (χ3n) is 8.43. The molecule has 0 bridgehead atoms. The van der Waals surface area contributed by atoms with Crippen LogP contribution in [0.1, 0.15) is 62.5 Å². The first-order valence-corrected chi connectivity index (χ1v) is 16.7. The van der Waals surface area contributed by atoms with Crippen LogP contribution < -0.4 is 11.5 Å². The number of likely N-dealkylation sites (tertiary alicyclic amines) is 2. The fourth-order valence-corrected chi connectivity index (χ4v) is 8.34. The topological polar surface area (TPSA) is 67.7 Å². The molecule has 2 atom stereocenters. The van der Waals surface area contributed by atoms with Crippen molar-refractivity contribution in [2.45, 2.75) is 75.0 Å². The fraction of sp³-hybridized carbons (Fsp3) is 0.625. The molecule has 0 amide bonds. The van der Waals surface area contributed by atoms with Gasteiger partial charge in [0, 0.05) is 47.7 Å². The lowest BCUT2D eigenvalue weighted by atomic mass is 9.91. The van der Waals surface area contributed by atoms with Gasteiger partial charge in [-0.05, 0) is 114 Å². The van der Waals surface area contributed by atoms with Crippen LogP contribution in [0.5, 0.6) is 0 Å². The lowest BCUT2D eigenvalue weighted by Crippen LogP contribution is -2.34. The van der Waals surface area contributed by atoms with Crippen LogP contribution in [0, 0.1) is 11.8 Å². The fourth-order valence-electron chi connectivity index (χ4n) is 6.10. The van der Waals surface area contributed by atoms with E-state index in [0.29, 0.717) is 10.5 Å². The smallest absolute Gasteiger partial charge is 0.0338 e. The molecular formula is C32H50N4OS2. The molecule has 5 nitrogen and oxygen atoms in total. The Kier molecular flexibility index (Phi) is 14.0. The van der Waals surface area contributed by atoms with Crippen molar-refractivity contribution in [1.82, 2.24) is 9.80 Å². The van der Waals surface area contributed by atoms with Crippen LogP contribution in [0.2, 0.25) is 0 Å². The zero-order chi connectivity index (χ0) is 27.1. The number of hydrogen-bond acceptors (Lipinski definition) is 7. The van der Waals surface area contributed by atoms with Gasteiger partial charge in [0.25, 0.3) is 0 Å². The summed E-state index contributed by atoms with van der Waals surface area (Å²) in [5, 5.41) is 0.959. The Balaban J connectivity index is 1.13. The minimum absolute atomic E-state index is 0.480. The summed E-state index contributed by atoms with van der Waals surface area (Å²) in [6.07, 6.45) is 9.58. The van der Waals surface area contributed by atoms with Gasteiger partial charge in [-0.3, -0.25) is 9.80 Å². The number of benzene rings is 2. The Morgan fingerprint density at radius 3 is 1.38 bits per heavy atom. The Bertz CT molecular complexity index is 816. The van der Waals surface area contributed by atoms with E-state index < -0.39 is 0 Å². The van der Waals surface area contributed by atoms with Crippen molar-refractivity contribution in [1.29, 1.82) is 0 Å². The third kappa shape index (κ3) is 11.4. The van der Waals surface area contributed by atoms with Crippen molar-refractivity contribution in [3.8, 4) is 0 Å². The van der Waals surface area contributed by atoms with Gasteiger partial charge in [0.05, 0.1) is 0 Å². The van der Waals surface area contributed by atoms with Gasteiger partial charge in [0.1, 0.15) is 0 Å². The average molecular weight is 571 g/mol. The van der Waals surface area contributed by atoms with E-state index in [9.17, 15) is 0 Å². The van der Waals surface area contributed by atoms with Crippen LogP contribution in [0.25, 0.3) is 0 Å². The zero-order valence-corrected chi connectivity index (χ0v) is 25.3. The van der Waals surface area contributed by atoms with Gasteiger partial charge in [-0.15, -0.1) is 0 Å². The molecule has 2 fully saturated rings. The molecule has 4 rings (SSSR count). The summed E-state index contributed by atoms with van der Waals surface area (Å²) in [6, 6.07) is 21.7. The van der Waals surface area contributed by atoms with Crippen molar-refractivity contribution in [3.63, 3.8) is 0 Å². The van der Waals surface area contributed by atoms with Crippen molar-refractivity contribution in [2.75, 3.05) is 39.3 Å². The summed E-state index contributed by atoms with van der Waals surface area (Å²) < 4.78 is 6.25. The Labute approximate surface area is 246 Å². The second kappa shape index (κ2) is 17.7. The van der Waals surface area contributed by atoms with Crippen LogP contribution >= 0.6 is 24.1 Å². The van der Waals surface area contributed by atoms with Crippen LogP contribution in [-0.2, 0) is 16.7 Å². The summed E-state index contributed by atoms with van der Waals surface area (Å²) in [5.41, 5.74) is 14.8. The highest BCUT2D eigenvalue weighted by Gasteiger charge is 2.26. The maximum absolute atomic E-state index is 6.25. The second-order valence-corrected chi connectivity index (χ2v) is 13.8. The first-order valence-electron chi connectivity index (χ1n) is 15.1. The van der Waals surface area contributed by atoms with Crippen molar-refractivity contribution < 1.29 is 3.63 Å². The molecule has 0 radical (unpaired) electrons. The first kappa shape index (κ1) is 30.9. The van der Waals surface area contributed by atoms with E-state index >= 15 is 0 Å². The van der Waals surface area contributed by atoms with Gasteiger partial charge in [-0.25, -0.2) is 3.63 Å². The minimum Gasteiger partial charge on any atom is -0.330 e. The average Bonchev–Trinajstić information content (AvgIpc) is 2.96. The van der Waals surface area contributed by atoms with E-state index in [0.717, 1.165) is 50.9 Å². The number of nitrogens with zero attached hydrogens (tertiary/aromatic N) is 2. The molecule has 216 valence electrons. The second-order valence-electron chi connectivity index (χ2n) is 11.5. The van der Waals surface area contributed by atoms with E-state index in [4.69, 9.17) is 15.1 Å². The highest BCUT2D eigenvalue weighted by atomic mass is 32.2. The summed E-state index contributed by atoms with van der Waals surface area (Å²) in [4.78, 5) is 5.21. The lowest BCUT2D eigenvalue weighted by Gasteiger charge is -2.34. The predicted molar refractivity (Wildman–Crippen MR) is 169 cm³/mol. The van der Waals surface area contributed by atoms with E-state index in [2.05, 4.69) is 70.5 Å². The molecule has 2 heterocycles. The van der Waals surface area contributed by atoms with Crippen LogP contribution in [0.4, 0.5) is 0 Å². The maximum atomic E-state index is 6.25. The first-order chi connectivity index (χ1) is 19.2. The molecule has 7 heteroatoms. The normalized spacial score (nSPS) is 19.7. The molecule has 2 aromatic rings. The highest BCUT2D eigenvalue weighted by Crippen LogP contribution is 2.36. The van der Waals surface area contributed by atoms with Gasteiger partial charge in [0.15, 0.2) is 0 Å². The van der Waals surface area contributed by atoms with E-state index in [-0.39, 0.29) is 0 Å². The standard InChI is InChI=1S/C32H50N4OS2/c33-17-11-31(23-27-13-19-35(20-14-27)25-29-7-3-1-4-8-29)38-37-39-32(12-18-34)24-28-15-21-36(22-16-28)26-30-9-5-2-6-10-30/h1-10,27-28,31-32H,11-26,33-34H2. The van der Waals surface area contributed by atoms with E-state index in [1.54, 1.807) is 24.1 Å². The molecule has 2 aliphatic rings. The Hall–Kier alpha value is -1.06. The summed E-state index contributed by atoms with van der Waals surface area (Å²) >= 11 is 3.36.